The van der Waals surface area contributed by atoms with E-state index in [1.54, 1.807) is 18.2 Å². The molecule has 0 fully saturated rings. The van der Waals surface area contributed by atoms with E-state index < -0.39 is 0 Å². The Kier molecular flexibility index (Phi) is 4.64. The first-order valence-electron chi connectivity index (χ1n) is 7.76. The average Bonchev–Trinajstić information content (AvgIpc) is 2.64. The summed E-state index contributed by atoms with van der Waals surface area (Å²) in [6.07, 6.45) is 1.50. The second-order valence-corrected chi connectivity index (χ2v) is 6.24. The number of anilines is 4. The molecule has 9 heteroatoms. The summed E-state index contributed by atoms with van der Waals surface area (Å²) in [6.45, 7) is 1.07. The van der Waals surface area contributed by atoms with E-state index >= 15 is 0 Å². The SMILES string of the molecule is Clc1ccc(Nc2cnnc(Nc3ccc4c(c3)OCCO4)n2)c(Cl)c1. The lowest BCUT2D eigenvalue weighted by atomic mass is 10.2. The molecule has 0 spiro atoms. The van der Waals surface area contributed by atoms with Crippen molar-refractivity contribution in [1.29, 1.82) is 0 Å². The molecule has 0 bridgehead atoms. The Morgan fingerprint density at radius 1 is 0.923 bits per heavy atom. The monoisotopic (exact) mass is 389 g/mol. The summed E-state index contributed by atoms with van der Waals surface area (Å²) in [5.41, 5.74) is 1.43. The third-order valence-electron chi connectivity index (χ3n) is 3.55. The third-order valence-corrected chi connectivity index (χ3v) is 4.10. The first-order chi connectivity index (χ1) is 12.7. The van der Waals surface area contributed by atoms with E-state index in [0.29, 0.717) is 52.2 Å². The van der Waals surface area contributed by atoms with Crippen LogP contribution in [0.2, 0.25) is 10.0 Å². The Hall–Kier alpha value is -2.77. The van der Waals surface area contributed by atoms with Crippen molar-refractivity contribution >= 4 is 46.3 Å². The Bertz CT molecular complexity index is 954. The highest BCUT2D eigenvalue weighted by Crippen LogP contribution is 2.33. The average molecular weight is 390 g/mol. The molecule has 1 aromatic heterocycles. The third kappa shape index (κ3) is 3.74. The summed E-state index contributed by atoms with van der Waals surface area (Å²) in [5.74, 6) is 2.21. The lowest BCUT2D eigenvalue weighted by Crippen LogP contribution is -2.15. The molecule has 26 heavy (non-hydrogen) atoms. The van der Waals surface area contributed by atoms with Crippen LogP contribution in [-0.4, -0.2) is 28.4 Å². The Labute approximate surface area is 159 Å². The summed E-state index contributed by atoms with van der Waals surface area (Å²) >= 11 is 12.1. The number of aromatic nitrogens is 3. The van der Waals surface area contributed by atoms with E-state index in [4.69, 9.17) is 32.7 Å². The van der Waals surface area contributed by atoms with Gasteiger partial charge in [0.15, 0.2) is 17.3 Å². The van der Waals surface area contributed by atoms with Crippen LogP contribution in [0.15, 0.2) is 42.6 Å². The minimum Gasteiger partial charge on any atom is -0.486 e. The predicted octanol–water partition coefficient (Wildman–Crippen LogP) is 4.44. The van der Waals surface area contributed by atoms with Gasteiger partial charge in [0.05, 0.1) is 16.9 Å². The van der Waals surface area contributed by atoms with Crippen molar-refractivity contribution in [2.75, 3.05) is 23.8 Å². The lowest BCUT2D eigenvalue weighted by molar-refractivity contribution is 0.171. The molecule has 0 saturated carbocycles. The maximum atomic E-state index is 6.16. The number of benzene rings is 2. The molecule has 1 aliphatic heterocycles. The minimum atomic E-state index is 0.330. The normalized spacial score (nSPS) is 12.5. The quantitative estimate of drug-likeness (QED) is 0.682. The van der Waals surface area contributed by atoms with Crippen LogP contribution in [0, 0.1) is 0 Å². The molecule has 0 radical (unpaired) electrons. The number of nitrogens with zero attached hydrogens (tertiary/aromatic N) is 3. The van der Waals surface area contributed by atoms with Crippen LogP contribution in [0.3, 0.4) is 0 Å². The Morgan fingerprint density at radius 2 is 1.77 bits per heavy atom. The predicted molar refractivity (Wildman–Crippen MR) is 100 cm³/mol. The first kappa shape index (κ1) is 16.7. The van der Waals surface area contributed by atoms with E-state index in [9.17, 15) is 0 Å². The molecule has 7 nitrogen and oxygen atoms in total. The van der Waals surface area contributed by atoms with Crippen LogP contribution in [0.25, 0.3) is 0 Å². The molecule has 0 amide bonds. The van der Waals surface area contributed by atoms with Gasteiger partial charge in [-0.3, -0.25) is 0 Å². The summed E-state index contributed by atoms with van der Waals surface area (Å²) in [5, 5.41) is 15.2. The van der Waals surface area contributed by atoms with E-state index in [1.165, 1.54) is 6.20 Å². The number of hydrogen-bond acceptors (Lipinski definition) is 7. The van der Waals surface area contributed by atoms with Gasteiger partial charge in [-0.1, -0.05) is 23.2 Å². The standard InChI is InChI=1S/C17H13Cl2N5O2/c18-10-1-3-13(12(19)7-10)22-16-9-20-24-17(23-16)21-11-2-4-14-15(8-11)26-6-5-25-14/h1-4,7-9H,5-6H2,(H2,21,22,23,24). The minimum absolute atomic E-state index is 0.330. The largest absolute Gasteiger partial charge is 0.486 e. The van der Waals surface area contributed by atoms with Gasteiger partial charge in [-0.15, -0.1) is 5.10 Å². The van der Waals surface area contributed by atoms with Gasteiger partial charge in [-0.05, 0) is 30.3 Å². The van der Waals surface area contributed by atoms with Crippen LogP contribution in [0.5, 0.6) is 11.5 Å². The number of halogens is 2. The molecular weight excluding hydrogens is 377 g/mol. The smallest absolute Gasteiger partial charge is 0.249 e. The van der Waals surface area contributed by atoms with Gasteiger partial charge in [-0.2, -0.15) is 10.1 Å². The van der Waals surface area contributed by atoms with E-state index in [2.05, 4.69) is 25.8 Å². The zero-order chi connectivity index (χ0) is 17.9. The lowest BCUT2D eigenvalue weighted by Gasteiger charge is -2.19. The van der Waals surface area contributed by atoms with Gasteiger partial charge in [0.25, 0.3) is 0 Å². The molecule has 3 aromatic rings. The van der Waals surface area contributed by atoms with Crippen molar-refractivity contribution in [3.05, 3.63) is 52.6 Å². The van der Waals surface area contributed by atoms with Crippen molar-refractivity contribution in [1.82, 2.24) is 15.2 Å². The van der Waals surface area contributed by atoms with Gasteiger partial charge in [0.2, 0.25) is 5.95 Å². The molecule has 2 N–H and O–H groups in total. The zero-order valence-electron chi connectivity index (χ0n) is 13.4. The number of nitrogens with one attached hydrogen (secondary N) is 2. The molecule has 132 valence electrons. The summed E-state index contributed by atoms with van der Waals surface area (Å²) in [6, 6.07) is 10.7. The second kappa shape index (κ2) is 7.23. The fraction of sp³-hybridized carbons (Fsp3) is 0.118. The van der Waals surface area contributed by atoms with Gasteiger partial charge in [0, 0.05) is 16.8 Å². The number of fused-ring (bicyclic) bond motifs is 1. The topological polar surface area (TPSA) is 81.2 Å². The fourth-order valence-electron chi connectivity index (χ4n) is 2.40. The number of hydrogen-bond donors (Lipinski definition) is 2. The zero-order valence-corrected chi connectivity index (χ0v) is 14.9. The summed E-state index contributed by atoms with van der Waals surface area (Å²) in [7, 11) is 0. The maximum Gasteiger partial charge on any atom is 0.249 e. The second-order valence-electron chi connectivity index (χ2n) is 5.40. The van der Waals surface area contributed by atoms with Crippen LogP contribution in [-0.2, 0) is 0 Å². The Balaban J connectivity index is 1.52. The van der Waals surface area contributed by atoms with Crippen molar-refractivity contribution in [2.45, 2.75) is 0 Å². The molecule has 0 atom stereocenters. The molecular formula is C17H13Cl2N5O2. The van der Waals surface area contributed by atoms with Crippen LogP contribution < -0.4 is 20.1 Å². The number of ether oxygens (including phenoxy) is 2. The van der Waals surface area contributed by atoms with Crippen LogP contribution >= 0.6 is 23.2 Å². The molecule has 0 unspecified atom stereocenters. The van der Waals surface area contributed by atoms with Crippen LogP contribution in [0.1, 0.15) is 0 Å². The van der Waals surface area contributed by atoms with Crippen molar-refractivity contribution in [3.63, 3.8) is 0 Å². The van der Waals surface area contributed by atoms with E-state index in [0.717, 1.165) is 5.69 Å². The van der Waals surface area contributed by atoms with Gasteiger partial charge >= 0.3 is 0 Å². The molecule has 4 rings (SSSR count). The van der Waals surface area contributed by atoms with Gasteiger partial charge < -0.3 is 20.1 Å². The molecule has 0 saturated heterocycles. The fourth-order valence-corrected chi connectivity index (χ4v) is 2.85. The molecule has 2 heterocycles. The summed E-state index contributed by atoms with van der Waals surface area (Å²) < 4.78 is 11.1. The Morgan fingerprint density at radius 3 is 2.62 bits per heavy atom. The first-order valence-corrected chi connectivity index (χ1v) is 8.51. The molecule has 1 aliphatic rings. The van der Waals surface area contributed by atoms with Crippen molar-refractivity contribution in [3.8, 4) is 11.5 Å². The molecule has 0 aliphatic carbocycles. The highest BCUT2D eigenvalue weighted by Gasteiger charge is 2.12. The highest BCUT2D eigenvalue weighted by molar-refractivity contribution is 6.36. The van der Waals surface area contributed by atoms with Crippen molar-refractivity contribution in [2.24, 2.45) is 0 Å². The number of rotatable bonds is 4. The molecule has 2 aromatic carbocycles. The van der Waals surface area contributed by atoms with Gasteiger partial charge in [0.1, 0.15) is 13.2 Å². The maximum absolute atomic E-state index is 6.16. The van der Waals surface area contributed by atoms with Crippen molar-refractivity contribution < 1.29 is 9.47 Å². The van der Waals surface area contributed by atoms with Crippen LogP contribution in [0.4, 0.5) is 23.1 Å². The van der Waals surface area contributed by atoms with E-state index in [-0.39, 0.29) is 0 Å². The van der Waals surface area contributed by atoms with E-state index in [1.807, 2.05) is 18.2 Å². The van der Waals surface area contributed by atoms with Gasteiger partial charge in [-0.25, -0.2) is 0 Å². The summed E-state index contributed by atoms with van der Waals surface area (Å²) in [4.78, 5) is 4.38. The highest BCUT2D eigenvalue weighted by atomic mass is 35.5.